The number of anilines is 1. The normalized spacial score (nSPS) is 20.8. The summed E-state index contributed by atoms with van der Waals surface area (Å²) < 4.78 is 26.0. The molecule has 7 nitrogen and oxygen atoms in total. The van der Waals surface area contributed by atoms with Crippen molar-refractivity contribution in [3.05, 3.63) is 11.1 Å². The van der Waals surface area contributed by atoms with E-state index in [-0.39, 0.29) is 5.25 Å². The van der Waals surface area contributed by atoms with Gasteiger partial charge in [0.05, 0.1) is 16.5 Å². The molecule has 19 heavy (non-hydrogen) atoms. The second-order valence-corrected chi connectivity index (χ2v) is 7.72. The number of nitrogens with one attached hydrogen (secondary N) is 2. The fourth-order valence-corrected chi connectivity index (χ4v) is 4.30. The Morgan fingerprint density at radius 3 is 2.68 bits per heavy atom. The van der Waals surface area contributed by atoms with Crippen LogP contribution in [0.5, 0.6) is 0 Å². The van der Waals surface area contributed by atoms with Gasteiger partial charge in [0.1, 0.15) is 0 Å². The molecule has 0 aromatic carbocycles. The Balaban J connectivity index is 1.75. The summed E-state index contributed by atoms with van der Waals surface area (Å²) in [6, 6.07) is 0. The summed E-state index contributed by atoms with van der Waals surface area (Å²) in [6.07, 6.45) is 1.68. The number of hydrogen-bond acceptors (Lipinski definition) is 5. The Kier molecular flexibility index (Phi) is 2.72. The molecule has 1 aromatic rings. The third-order valence-corrected chi connectivity index (χ3v) is 6.00. The fraction of sp³-hybridized carbons (Fsp3) is 0.600. The standard InChI is InChI=1S/C10H13N3O4S2/c14-9(15)12-10(3-4-10)7-5-18-8(11-7)13-19(16,17)6-1-2-6/h5-6,12H,1-4H2,(H,11,13)(H,14,15). The van der Waals surface area contributed by atoms with Gasteiger partial charge in [-0.2, -0.15) is 0 Å². The van der Waals surface area contributed by atoms with Crippen LogP contribution in [-0.4, -0.2) is 29.9 Å². The van der Waals surface area contributed by atoms with E-state index in [4.69, 9.17) is 5.11 Å². The van der Waals surface area contributed by atoms with E-state index in [1.165, 1.54) is 11.3 Å². The Bertz CT molecular complexity index is 616. The van der Waals surface area contributed by atoms with Crippen LogP contribution >= 0.6 is 11.3 Å². The SMILES string of the molecule is O=C(O)NC1(c2csc(NS(=O)(=O)C3CC3)n2)CC1. The largest absolute Gasteiger partial charge is 0.465 e. The van der Waals surface area contributed by atoms with Crippen LogP contribution in [0.15, 0.2) is 5.38 Å². The van der Waals surface area contributed by atoms with Gasteiger partial charge in [0.25, 0.3) is 0 Å². The third kappa shape index (κ3) is 2.52. The zero-order valence-electron chi connectivity index (χ0n) is 9.92. The number of rotatable bonds is 5. The molecule has 0 bridgehead atoms. The van der Waals surface area contributed by atoms with Crippen LogP contribution in [0.4, 0.5) is 9.93 Å². The van der Waals surface area contributed by atoms with Crippen molar-refractivity contribution in [1.29, 1.82) is 0 Å². The number of sulfonamides is 1. The summed E-state index contributed by atoms with van der Waals surface area (Å²) in [7, 11) is -3.31. The molecule has 0 radical (unpaired) electrons. The average molecular weight is 303 g/mol. The molecule has 3 N–H and O–H groups in total. The van der Waals surface area contributed by atoms with Crippen LogP contribution < -0.4 is 10.0 Å². The van der Waals surface area contributed by atoms with Crippen LogP contribution in [-0.2, 0) is 15.6 Å². The summed E-state index contributed by atoms with van der Waals surface area (Å²) in [6.45, 7) is 0. The summed E-state index contributed by atoms with van der Waals surface area (Å²) in [5.74, 6) is 0. The minimum absolute atomic E-state index is 0.299. The van der Waals surface area contributed by atoms with Crippen molar-refractivity contribution in [3.63, 3.8) is 0 Å². The monoisotopic (exact) mass is 303 g/mol. The maximum Gasteiger partial charge on any atom is 0.405 e. The molecule has 0 unspecified atom stereocenters. The first-order valence-corrected chi connectivity index (χ1v) is 8.33. The van der Waals surface area contributed by atoms with E-state index in [1.807, 2.05) is 0 Å². The van der Waals surface area contributed by atoms with Crippen LogP contribution in [0.2, 0.25) is 0 Å². The van der Waals surface area contributed by atoms with Gasteiger partial charge in [0.2, 0.25) is 10.0 Å². The van der Waals surface area contributed by atoms with Gasteiger partial charge in [-0.15, -0.1) is 11.3 Å². The molecule has 9 heteroatoms. The highest BCUT2D eigenvalue weighted by atomic mass is 32.2. The predicted molar refractivity (Wildman–Crippen MR) is 69.8 cm³/mol. The molecule has 3 rings (SSSR count). The van der Waals surface area contributed by atoms with Crippen molar-refractivity contribution in [3.8, 4) is 0 Å². The van der Waals surface area contributed by atoms with Crippen molar-refractivity contribution in [2.24, 2.45) is 0 Å². The minimum atomic E-state index is -3.31. The maximum absolute atomic E-state index is 11.8. The second-order valence-electron chi connectivity index (χ2n) is 4.90. The molecule has 0 aliphatic heterocycles. The highest BCUT2D eigenvalue weighted by Gasteiger charge is 2.48. The van der Waals surface area contributed by atoms with E-state index in [9.17, 15) is 13.2 Å². The molecule has 0 atom stereocenters. The quantitative estimate of drug-likeness (QED) is 0.760. The number of carbonyl (C=O) groups is 1. The lowest BCUT2D eigenvalue weighted by molar-refractivity contribution is 0.188. The topological polar surface area (TPSA) is 108 Å². The number of amides is 1. The second kappa shape index (κ2) is 4.07. The van der Waals surface area contributed by atoms with Gasteiger partial charge in [-0.05, 0) is 25.7 Å². The first-order chi connectivity index (χ1) is 8.91. The Morgan fingerprint density at radius 2 is 2.16 bits per heavy atom. The lowest BCUT2D eigenvalue weighted by atomic mass is 10.2. The zero-order chi connectivity index (χ0) is 13.7. The molecule has 1 amide bonds. The van der Waals surface area contributed by atoms with Crippen molar-refractivity contribution < 1.29 is 18.3 Å². The molecule has 2 fully saturated rings. The highest BCUT2D eigenvalue weighted by Crippen LogP contribution is 2.46. The van der Waals surface area contributed by atoms with E-state index in [0.29, 0.717) is 36.5 Å². The fourth-order valence-electron chi connectivity index (χ4n) is 1.90. The summed E-state index contributed by atoms with van der Waals surface area (Å²) in [5, 5.41) is 12.9. The summed E-state index contributed by atoms with van der Waals surface area (Å²) >= 11 is 1.18. The molecule has 1 heterocycles. The van der Waals surface area contributed by atoms with Crippen LogP contribution in [0.1, 0.15) is 31.4 Å². The van der Waals surface area contributed by atoms with Crippen LogP contribution in [0, 0.1) is 0 Å². The van der Waals surface area contributed by atoms with Gasteiger partial charge in [-0.25, -0.2) is 18.2 Å². The molecule has 104 valence electrons. The third-order valence-electron chi connectivity index (χ3n) is 3.28. The number of nitrogens with zero attached hydrogens (tertiary/aromatic N) is 1. The van der Waals surface area contributed by atoms with Gasteiger partial charge >= 0.3 is 6.09 Å². The molecule has 2 saturated carbocycles. The van der Waals surface area contributed by atoms with E-state index >= 15 is 0 Å². The highest BCUT2D eigenvalue weighted by molar-refractivity contribution is 7.93. The van der Waals surface area contributed by atoms with Crippen molar-refractivity contribution in [1.82, 2.24) is 10.3 Å². The van der Waals surface area contributed by atoms with Gasteiger partial charge in [-0.3, -0.25) is 4.72 Å². The maximum atomic E-state index is 11.8. The Morgan fingerprint density at radius 1 is 1.47 bits per heavy atom. The predicted octanol–water partition coefficient (Wildman–Crippen LogP) is 1.30. The molecule has 2 aliphatic carbocycles. The molecular weight excluding hydrogens is 290 g/mol. The molecule has 1 aromatic heterocycles. The molecule has 0 spiro atoms. The number of aromatic nitrogens is 1. The lowest BCUT2D eigenvalue weighted by Gasteiger charge is -2.11. The number of hydrogen-bond donors (Lipinski definition) is 3. The van der Waals surface area contributed by atoms with E-state index in [1.54, 1.807) is 5.38 Å². The van der Waals surface area contributed by atoms with E-state index in [2.05, 4.69) is 15.0 Å². The van der Waals surface area contributed by atoms with Gasteiger partial charge in [-0.1, -0.05) is 0 Å². The van der Waals surface area contributed by atoms with Crippen molar-refractivity contribution >= 4 is 32.6 Å². The first-order valence-electron chi connectivity index (χ1n) is 5.90. The van der Waals surface area contributed by atoms with Crippen LogP contribution in [0.25, 0.3) is 0 Å². The van der Waals surface area contributed by atoms with E-state index in [0.717, 1.165) is 0 Å². The van der Waals surface area contributed by atoms with Crippen molar-refractivity contribution in [2.75, 3.05) is 4.72 Å². The zero-order valence-corrected chi connectivity index (χ0v) is 11.6. The molecule has 0 saturated heterocycles. The van der Waals surface area contributed by atoms with E-state index < -0.39 is 21.7 Å². The number of thiazole rings is 1. The molecule has 2 aliphatic rings. The molecular formula is C10H13N3O4S2. The summed E-state index contributed by atoms with van der Waals surface area (Å²) in [5.41, 5.74) is -0.0283. The van der Waals surface area contributed by atoms with Crippen LogP contribution in [0.3, 0.4) is 0 Å². The average Bonchev–Trinajstić information content (AvgIpc) is 3.19. The van der Waals surface area contributed by atoms with Crippen molar-refractivity contribution in [2.45, 2.75) is 36.5 Å². The Hall–Kier alpha value is -1.35. The van der Waals surface area contributed by atoms with Gasteiger partial charge < -0.3 is 10.4 Å². The smallest absolute Gasteiger partial charge is 0.405 e. The number of carboxylic acid groups (broad SMARTS) is 1. The lowest BCUT2D eigenvalue weighted by Crippen LogP contribution is -2.33. The van der Waals surface area contributed by atoms with Gasteiger partial charge in [0.15, 0.2) is 5.13 Å². The van der Waals surface area contributed by atoms with Gasteiger partial charge in [0, 0.05) is 5.38 Å². The minimum Gasteiger partial charge on any atom is -0.465 e. The Labute approximate surface area is 114 Å². The first kappa shape index (κ1) is 12.7. The summed E-state index contributed by atoms with van der Waals surface area (Å²) in [4.78, 5) is 14.9.